The van der Waals surface area contributed by atoms with Crippen molar-refractivity contribution in [1.29, 1.82) is 0 Å². The molecule has 0 spiro atoms. The molecule has 2 heteroatoms. The normalized spacial score (nSPS) is 18.8. The maximum Gasteiger partial charge on any atom is 0.0546 e. The third kappa shape index (κ3) is 3.60. The lowest BCUT2D eigenvalue weighted by atomic mass is 9.96. The van der Waals surface area contributed by atoms with Crippen LogP contribution in [0.4, 0.5) is 0 Å². The van der Waals surface area contributed by atoms with Crippen molar-refractivity contribution in [3.05, 3.63) is 30.1 Å². The molecule has 1 saturated carbocycles. The van der Waals surface area contributed by atoms with Crippen molar-refractivity contribution in [2.45, 2.75) is 51.0 Å². The number of rotatable bonds is 5. The topological polar surface area (TPSA) is 33.1 Å². The first-order valence-corrected chi connectivity index (χ1v) is 6.41. The van der Waals surface area contributed by atoms with Crippen LogP contribution in [0, 0.1) is 5.92 Å². The van der Waals surface area contributed by atoms with Gasteiger partial charge in [0.05, 0.1) is 6.10 Å². The van der Waals surface area contributed by atoms with Gasteiger partial charge in [-0.2, -0.15) is 0 Å². The number of hydrogen-bond donors (Lipinski definition) is 1. The highest BCUT2D eigenvalue weighted by molar-refractivity contribution is 5.09. The molecule has 0 aromatic carbocycles. The van der Waals surface area contributed by atoms with Crippen LogP contribution in [0.15, 0.2) is 24.5 Å². The third-order valence-corrected chi connectivity index (χ3v) is 3.60. The van der Waals surface area contributed by atoms with Crippen molar-refractivity contribution in [2.75, 3.05) is 0 Å². The lowest BCUT2D eigenvalue weighted by Crippen LogP contribution is -2.12. The summed E-state index contributed by atoms with van der Waals surface area (Å²) in [5.74, 6) is 0.785. The molecule has 1 fully saturated rings. The zero-order chi connectivity index (χ0) is 11.2. The van der Waals surface area contributed by atoms with Crippen LogP contribution in [0.5, 0.6) is 0 Å². The van der Waals surface area contributed by atoms with Gasteiger partial charge in [-0.25, -0.2) is 0 Å². The van der Waals surface area contributed by atoms with E-state index in [1.165, 1.54) is 31.2 Å². The maximum atomic E-state index is 9.96. The highest BCUT2D eigenvalue weighted by atomic mass is 16.3. The molecule has 0 saturated heterocycles. The minimum atomic E-state index is -0.115. The van der Waals surface area contributed by atoms with E-state index in [4.69, 9.17) is 0 Å². The minimum absolute atomic E-state index is 0.115. The molecule has 0 bridgehead atoms. The zero-order valence-electron chi connectivity index (χ0n) is 9.81. The summed E-state index contributed by atoms with van der Waals surface area (Å²) in [7, 11) is 0. The second-order valence-corrected chi connectivity index (χ2v) is 4.93. The smallest absolute Gasteiger partial charge is 0.0546 e. The first kappa shape index (κ1) is 11.6. The second-order valence-electron chi connectivity index (χ2n) is 4.93. The molecule has 1 aromatic rings. The number of pyridine rings is 1. The molecule has 88 valence electrons. The highest BCUT2D eigenvalue weighted by Crippen LogP contribution is 2.29. The lowest BCUT2D eigenvalue weighted by Gasteiger charge is -2.15. The van der Waals surface area contributed by atoms with Gasteiger partial charge in [0.2, 0.25) is 0 Å². The van der Waals surface area contributed by atoms with Crippen LogP contribution in [0.3, 0.4) is 0 Å². The second kappa shape index (κ2) is 6.00. The van der Waals surface area contributed by atoms with E-state index < -0.39 is 0 Å². The van der Waals surface area contributed by atoms with Gasteiger partial charge in [0, 0.05) is 12.4 Å². The first-order valence-electron chi connectivity index (χ1n) is 6.41. The van der Waals surface area contributed by atoms with Gasteiger partial charge in [-0.05, 0) is 42.9 Å². The Morgan fingerprint density at radius 1 is 1.25 bits per heavy atom. The van der Waals surface area contributed by atoms with Crippen LogP contribution in [-0.4, -0.2) is 16.2 Å². The van der Waals surface area contributed by atoms with Crippen molar-refractivity contribution in [2.24, 2.45) is 5.92 Å². The molecule has 2 rings (SSSR count). The summed E-state index contributed by atoms with van der Waals surface area (Å²) in [6.45, 7) is 0. The fourth-order valence-electron chi connectivity index (χ4n) is 2.63. The summed E-state index contributed by atoms with van der Waals surface area (Å²) in [6, 6.07) is 4.06. The van der Waals surface area contributed by atoms with Crippen molar-refractivity contribution in [3.63, 3.8) is 0 Å². The van der Waals surface area contributed by atoms with Crippen LogP contribution < -0.4 is 0 Å². The van der Waals surface area contributed by atoms with E-state index in [2.05, 4.69) is 4.98 Å². The number of nitrogens with zero attached hydrogens (tertiary/aromatic N) is 1. The number of aromatic nitrogens is 1. The lowest BCUT2D eigenvalue weighted by molar-refractivity contribution is 0.134. The molecule has 16 heavy (non-hydrogen) atoms. The first-order chi connectivity index (χ1) is 7.84. The van der Waals surface area contributed by atoms with Crippen LogP contribution in [0.2, 0.25) is 0 Å². The molecule has 1 aliphatic rings. The summed E-state index contributed by atoms with van der Waals surface area (Å²) in [5, 5.41) is 9.96. The van der Waals surface area contributed by atoms with E-state index in [1.807, 2.05) is 24.5 Å². The molecule has 2 nitrogen and oxygen atoms in total. The molecule has 0 amide bonds. The van der Waals surface area contributed by atoms with Gasteiger partial charge in [-0.15, -0.1) is 0 Å². The Bertz CT molecular complexity index is 293. The van der Waals surface area contributed by atoms with E-state index in [0.29, 0.717) is 0 Å². The van der Waals surface area contributed by atoms with Crippen LogP contribution in [0.25, 0.3) is 0 Å². The zero-order valence-corrected chi connectivity index (χ0v) is 9.81. The Kier molecular flexibility index (Phi) is 4.34. The van der Waals surface area contributed by atoms with E-state index in [1.54, 1.807) is 0 Å². The molecule has 1 N–H and O–H groups in total. The predicted octanol–water partition coefficient (Wildman–Crippen LogP) is 2.96. The van der Waals surface area contributed by atoms with Crippen LogP contribution in [-0.2, 0) is 6.42 Å². The summed E-state index contributed by atoms with van der Waals surface area (Å²) in [6.07, 6.45) is 11.8. The van der Waals surface area contributed by atoms with E-state index >= 15 is 0 Å². The molecule has 0 radical (unpaired) electrons. The van der Waals surface area contributed by atoms with Gasteiger partial charge >= 0.3 is 0 Å². The van der Waals surface area contributed by atoms with Crippen molar-refractivity contribution in [3.8, 4) is 0 Å². The average Bonchev–Trinajstić information content (AvgIpc) is 2.81. The van der Waals surface area contributed by atoms with Gasteiger partial charge in [0.25, 0.3) is 0 Å². The Labute approximate surface area is 97.7 Å². The molecule has 1 aliphatic carbocycles. The SMILES string of the molecule is OC(CCc1ccncc1)CC1CCCC1. The van der Waals surface area contributed by atoms with Gasteiger partial charge < -0.3 is 5.11 Å². The molecule has 1 atom stereocenters. The Balaban J connectivity index is 1.69. The predicted molar refractivity (Wildman–Crippen MR) is 65.1 cm³/mol. The molecule has 1 heterocycles. The average molecular weight is 219 g/mol. The van der Waals surface area contributed by atoms with Gasteiger partial charge in [0.1, 0.15) is 0 Å². The van der Waals surface area contributed by atoms with Crippen molar-refractivity contribution >= 4 is 0 Å². The highest BCUT2D eigenvalue weighted by Gasteiger charge is 2.18. The molecule has 0 aliphatic heterocycles. The van der Waals surface area contributed by atoms with Crippen molar-refractivity contribution < 1.29 is 5.11 Å². The fraction of sp³-hybridized carbons (Fsp3) is 0.643. The van der Waals surface area contributed by atoms with Gasteiger partial charge in [0.15, 0.2) is 0 Å². The Morgan fingerprint density at radius 2 is 1.94 bits per heavy atom. The van der Waals surface area contributed by atoms with Crippen molar-refractivity contribution in [1.82, 2.24) is 4.98 Å². The third-order valence-electron chi connectivity index (χ3n) is 3.60. The maximum absolute atomic E-state index is 9.96. The molecular weight excluding hydrogens is 198 g/mol. The Hall–Kier alpha value is -0.890. The van der Waals surface area contributed by atoms with Gasteiger partial charge in [-0.3, -0.25) is 4.98 Å². The summed E-state index contributed by atoms with van der Waals surface area (Å²) in [5.41, 5.74) is 1.28. The van der Waals surface area contributed by atoms with E-state index in [-0.39, 0.29) is 6.10 Å². The van der Waals surface area contributed by atoms with E-state index in [9.17, 15) is 5.11 Å². The quantitative estimate of drug-likeness (QED) is 0.826. The minimum Gasteiger partial charge on any atom is -0.393 e. The summed E-state index contributed by atoms with van der Waals surface area (Å²) in [4.78, 5) is 3.99. The monoisotopic (exact) mass is 219 g/mol. The fourth-order valence-corrected chi connectivity index (χ4v) is 2.63. The van der Waals surface area contributed by atoms with Crippen LogP contribution >= 0.6 is 0 Å². The summed E-state index contributed by atoms with van der Waals surface area (Å²) >= 11 is 0. The summed E-state index contributed by atoms with van der Waals surface area (Å²) < 4.78 is 0. The van der Waals surface area contributed by atoms with Gasteiger partial charge in [-0.1, -0.05) is 25.7 Å². The number of aryl methyl sites for hydroxylation is 1. The van der Waals surface area contributed by atoms with E-state index in [0.717, 1.165) is 25.2 Å². The molecule has 1 unspecified atom stereocenters. The number of hydrogen-bond acceptors (Lipinski definition) is 2. The number of aliphatic hydroxyl groups excluding tert-OH is 1. The van der Waals surface area contributed by atoms with Crippen LogP contribution in [0.1, 0.15) is 44.1 Å². The number of aliphatic hydroxyl groups is 1. The Morgan fingerprint density at radius 3 is 2.62 bits per heavy atom. The molecule has 1 aromatic heterocycles. The largest absolute Gasteiger partial charge is 0.393 e. The molecular formula is C14H21NO. The standard InChI is InChI=1S/C14H21NO/c16-14(11-13-3-1-2-4-13)6-5-12-7-9-15-10-8-12/h7-10,13-14,16H,1-6,11H2.